The lowest BCUT2D eigenvalue weighted by atomic mass is 10.1. The van der Waals surface area contributed by atoms with Crippen molar-refractivity contribution < 1.29 is 12.8 Å². The molecule has 1 rings (SSSR count). The predicted molar refractivity (Wildman–Crippen MR) is 79.8 cm³/mol. The second-order valence-corrected chi connectivity index (χ2v) is 7.30. The average molecular weight is 396 g/mol. The van der Waals surface area contributed by atoms with Crippen LogP contribution in [-0.2, 0) is 10.0 Å². The van der Waals surface area contributed by atoms with Crippen molar-refractivity contribution in [2.45, 2.75) is 24.3 Å². The van der Waals surface area contributed by atoms with Gasteiger partial charge in [0.2, 0.25) is 10.0 Å². The predicted octanol–water partition coefficient (Wildman–Crippen LogP) is 2.68. The fourth-order valence-electron chi connectivity index (χ4n) is 1.17. The molecule has 0 fully saturated rings. The van der Waals surface area contributed by atoms with Gasteiger partial charge in [0.25, 0.3) is 0 Å². The normalized spacial score (nSPS) is 12.1. The van der Waals surface area contributed by atoms with E-state index < -0.39 is 26.3 Å². The molecule has 0 spiro atoms. The topological polar surface area (TPSA) is 72.2 Å². The Bertz CT molecular complexity index is 567. The summed E-state index contributed by atoms with van der Waals surface area (Å²) in [6.45, 7) is 3.28. The van der Waals surface area contributed by atoms with Crippen LogP contribution >= 0.6 is 39.9 Å². The summed E-state index contributed by atoms with van der Waals surface area (Å²) in [5.74, 6) is -0.883. The van der Waals surface area contributed by atoms with Gasteiger partial charge in [-0.05, 0) is 41.9 Å². The van der Waals surface area contributed by atoms with E-state index >= 15 is 0 Å². The van der Waals surface area contributed by atoms with Gasteiger partial charge in [0.1, 0.15) is 10.7 Å². The summed E-state index contributed by atoms with van der Waals surface area (Å²) >= 11 is 8.78. The van der Waals surface area contributed by atoms with Gasteiger partial charge < -0.3 is 5.73 Å². The Morgan fingerprint density at radius 2 is 2.00 bits per heavy atom. The summed E-state index contributed by atoms with van der Waals surface area (Å²) in [4.78, 5) is -0.503. The largest absolute Gasteiger partial charge is 0.329 e. The molecule has 1 aromatic rings. The van der Waals surface area contributed by atoms with E-state index in [0.717, 1.165) is 12.1 Å². The van der Waals surface area contributed by atoms with E-state index in [1.165, 1.54) is 0 Å². The van der Waals surface area contributed by atoms with Gasteiger partial charge in [0, 0.05) is 16.6 Å². The molecule has 0 unspecified atom stereocenters. The highest BCUT2D eigenvalue weighted by molar-refractivity contribution is 9.10. The first-order chi connectivity index (χ1) is 8.09. The van der Waals surface area contributed by atoms with Crippen LogP contribution in [0.15, 0.2) is 21.5 Å². The highest BCUT2D eigenvalue weighted by atomic mass is 79.9. The number of nitrogens with one attached hydrogen (secondary N) is 1. The molecule has 19 heavy (non-hydrogen) atoms. The van der Waals surface area contributed by atoms with Crippen LogP contribution in [0.3, 0.4) is 0 Å². The Labute approximate surface area is 131 Å². The average Bonchev–Trinajstić information content (AvgIpc) is 2.21. The molecule has 1 aromatic carbocycles. The highest BCUT2D eigenvalue weighted by Crippen LogP contribution is 2.28. The van der Waals surface area contributed by atoms with Gasteiger partial charge in [-0.15, -0.1) is 12.4 Å². The summed E-state index contributed by atoms with van der Waals surface area (Å²) in [5, 5.41) is 0.113. The van der Waals surface area contributed by atoms with Crippen LogP contribution in [0.25, 0.3) is 0 Å². The lowest BCUT2D eigenvalue weighted by molar-refractivity contribution is 0.459. The van der Waals surface area contributed by atoms with Crippen LogP contribution in [-0.4, -0.2) is 20.5 Å². The van der Waals surface area contributed by atoms with Crippen LogP contribution in [0.4, 0.5) is 4.39 Å². The van der Waals surface area contributed by atoms with Crippen LogP contribution in [0.5, 0.6) is 0 Å². The zero-order valence-corrected chi connectivity index (χ0v) is 14.2. The van der Waals surface area contributed by atoms with Gasteiger partial charge in [-0.1, -0.05) is 11.6 Å². The van der Waals surface area contributed by atoms with E-state index in [-0.39, 0.29) is 24.0 Å². The van der Waals surface area contributed by atoms with Crippen molar-refractivity contribution in [3.05, 3.63) is 27.4 Å². The molecule has 0 saturated carbocycles. The zero-order valence-electron chi connectivity index (χ0n) is 10.2. The van der Waals surface area contributed by atoms with E-state index in [9.17, 15) is 12.8 Å². The van der Waals surface area contributed by atoms with Gasteiger partial charge in [-0.25, -0.2) is 17.5 Å². The Balaban J connectivity index is 0.00000324. The first-order valence-electron chi connectivity index (χ1n) is 4.98. The fourth-order valence-corrected chi connectivity index (χ4v) is 3.22. The molecular formula is C10H14BrCl2FN2O2S. The number of sulfonamides is 1. The molecule has 0 aliphatic rings. The van der Waals surface area contributed by atoms with E-state index in [1.807, 2.05) is 0 Å². The Morgan fingerprint density at radius 3 is 2.47 bits per heavy atom. The maximum atomic E-state index is 13.7. The molecule has 0 aliphatic carbocycles. The number of hydrogen-bond acceptors (Lipinski definition) is 3. The lowest BCUT2D eigenvalue weighted by Crippen LogP contribution is -2.48. The third kappa shape index (κ3) is 4.84. The maximum Gasteiger partial charge on any atom is 0.244 e. The van der Waals surface area contributed by atoms with Crippen LogP contribution in [0.1, 0.15) is 13.8 Å². The maximum absolute atomic E-state index is 13.7. The summed E-state index contributed by atoms with van der Waals surface area (Å²) in [7, 11) is -4.01. The smallest absolute Gasteiger partial charge is 0.244 e. The standard InChI is InChI=1S/C10H13BrClFN2O2S.ClH/c1-10(2,5-14)15-18(16,17)9-4-7(12)6(11)3-8(9)13;/h3-4,15H,5,14H2,1-2H3;1H. The van der Waals surface area contributed by atoms with Crippen molar-refractivity contribution in [3.63, 3.8) is 0 Å². The lowest BCUT2D eigenvalue weighted by Gasteiger charge is -2.24. The van der Waals surface area contributed by atoms with Crippen molar-refractivity contribution in [2.75, 3.05) is 6.54 Å². The van der Waals surface area contributed by atoms with Crippen molar-refractivity contribution >= 4 is 50.0 Å². The Kier molecular flexibility index (Phi) is 6.72. The minimum atomic E-state index is -4.01. The van der Waals surface area contributed by atoms with E-state index in [0.29, 0.717) is 4.47 Å². The summed E-state index contributed by atoms with van der Waals surface area (Å²) in [6, 6.07) is 2.06. The van der Waals surface area contributed by atoms with Crippen LogP contribution in [0, 0.1) is 5.82 Å². The molecule has 0 radical (unpaired) electrons. The van der Waals surface area contributed by atoms with E-state index in [2.05, 4.69) is 20.7 Å². The summed E-state index contributed by atoms with van der Waals surface area (Å²) in [5.41, 5.74) is 4.56. The van der Waals surface area contributed by atoms with Crippen molar-refractivity contribution in [1.29, 1.82) is 0 Å². The van der Waals surface area contributed by atoms with Gasteiger partial charge in [0.05, 0.1) is 5.02 Å². The quantitative estimate of drug-likeness (QED) is 0.769. The minimum absolute atomic E-state index is 0. The van der Waals surface area contributed by atoms with Crippen molar-refractivity contribution in [1.82, 2.24) is 4.72 Å². The molecule has 0 aromatic heterocycles. The monoisotopic (exact) mass is 394 g/mol. The molecule has 3 N–H and O–H groups in total. The summed E-state index contributed by atoms with van der Waals surface area (Å²) in [6.07, 6.45) is 0. The SMILES string of the molecule is CC(C)(CN)NS(=O)(=O)c1cc(Cl)c(Br)cc1F.Cl. The molecule has 9 heteroatoms. The van der Waals surface area contributed by atoms with Crippen LogP contribution < -0.4 is 10.5 Å². The first kappa shape index (κ1) is 19.1. The third-order valence-corrected chi connectivity index (χ3v) is 5.10. The molecule has 110 valence electrons. The van der Waals surface area contributed by atoms with Crippen molar-refractivity contribution in [3.8, 4) is 0 Å². The number of rotatable bonds is 4. The molecular weight excluding hydrogens is 382 g/mol. The van der Waals surface area contributed by atoms with Crippen LogP contribution in [0.2, 0.25) is 5.02 Å². The van der Waals surface area contributed by atoms with E-state index in [1.54, 1.807) is 13.8 Å². The fraction of sp³-hybridized carbons (Fsp3) is 0.400. The minimum Gasteiger partial charge on any atom is -0.329 e. The highest BCUT2D eigenvalue weighted by Gasteiger charge is 2.27. The third-order valence-electron chi connectivity index (χ3n) is 2.19. The molecule has 0 bridgehead atoms. The number of halogens is 4. The van der Waals surface area contributed by atoms with Gasteiger partial charge in [0.15, 0.2) is 0 Å². The number of nitrogens with two attached hydrogens (primary N) is 1. The van der Waals surface area contributed by atoms with Gasteiger partial charge in [-0.3, -0.25) is 0 Å². The zero-order chi connectivity index (χ0) is 14.1. The molecule has 4 nitrogen and oxygen atoms in total. The van der Waals surface area contributed by atoms with Crippen molar-refractivity contribution in [2.24, 2.45) is 5.73 Å². The second-order valence-electron chi connectivity index (χ2n) is 4.39. The number of benzene rings is 1. The molecule has 0 atom stereocenters. The Hall–Kier alpha value is 0.0800. The molecule has 0 saturated heterocycles. The summed E-state index contributed by atoms with van der Waals surface area (Å²) < 4.78 is 40.3. The van der Waals surface area contributed by atoms with E-state index in [4.69, 9.17) is 17.3 Å². The van der Waals surface area contributed by atoms with Gasteiger partial charge >= 0.3 is 0 Å². The Morgan fingerprint density at radius 1 is 1.47 bits per heavy atom. The second kappa shape index (κ2) is 6.69. The molecule has 0 heterocycles. The molecule has 0 amide bonds. The molecule has 0 aliphatic heterocycles. The number of hydrogen-bond donors (Lipinski definition) is 2. The first-order valence-corrected chi connectivity index (χ1v) is 7.63. The van der Waals surface area contributed by atoms with Gasteiger partial charge in [-0.2, -0.15) is 0 Å².